The lowest BCUT2D eigenvalue weighted by Crippen LogP contribution is -2.35. The summed E-state index contributed by atoms with van der Waals surface area (Å²) in [5.41, 5.74) is 2.78. The van der Waals surface area contributed by atoms with Crippen molar-refractivity contribution in [1.82, 2.24) is 9.88 Å². The van der Waals surface area contributed by atoms with Crippen LogP contribution in [0.25, 0.3) is 10.9 Å². The number of aromatic amines is 1. The van der Waals surface area contributed by atoms with Crippen molar-refractivity contribution >= 4 is 16.8 Å². The van der Waals surface area contributed by atoms with Crippen LogP contribution in [0, 0.1) is 17.5 Å². The molecule has 0 saturated carbocycles. The van der Waals surface area contributed by atoms with Crippen LogP contribution in [0.2, 0.25) is 0 Å². The summed E-state index contributed by atoms with van der Waals surface area (Å²) in [6.07, 6.45) is 0.578. The van der Waals surface area contributed by atoms with Crippen molar-refractivity contribution in [2.75, 3.05) is 6.54 Å². The molecule has 1 amide bonds. The average molecular weight is 330 g/mol. The van der Waals surface area contributed by atoms with Crippen LogP contribution in [-0.4, -0.2) is 22.3 Å². The molecule has 2 aromatic carbocycles. The maximum atomic E-state index is 13.4. The highest BCUT2D eigenvalue weighted by molar-refractivity contribution is 5.94. The average Bonchev–Trinajstić information content (AvgIpc) is 2.93. The maximum Gasteiger partial charge on any atom is 0.254 e. The van der Waals surface area contributed by atoms with Gasteiger partial charge in [-0.05, 0) is 48.4 Å². The fourth-order valence-electron chi connectivity index (χ4n) is 3.20. The van der Waals surface area contributed by atoms with E-state index in [1.54, 1.807) is 11.0 Å². The van der Waals surface area contributed by atoms with E-state index in [0.29, 0.717) is 19.5 Å². The van der Waals surface area contributed by atoms with E-state index in [1.165, 1.54) is 18.2 Å². The first-order valence-electron chi connectivity index (χ1n) is 7.56. The van der Waals surface area contributed by atoms with E-state index >= 15 is 0 Å². The monoisotopic (exact) mass is 330 g/mol. The van der Waals surface area contributed by atoms with Gasteiger partial charge >= 0.3 is 0 Å². The molecule has 6 heteroatoms. The largest absolute Gasteiger partial charge is 0.357 e. The lowest BCUT2D eigenvalue weighted by molar-refractivity contribution is 0.0732. The molecular formula is C18H13F3N2O. The van der Waals surface area contributed by atoms with Crippen LogP contribution in [0.15, 0.2) is 36.4 Å². The number of benzene rings is 2. The minimum Gasteiger partial charge on any atom is -0.357 e. The van der Waals surface area contributed by atoms with Gasteiger partial charge in [-0.2, -0.15) is 0 Å². The number of halogens is 3. The number of fused-ring (bicyclic) bond motifs is 3. The molecule has 3 aromatic rings. The highest BCUT2D eigenvalue weighted by Gasteiger charge is 2.25. The third kappa shape index (κ3) is 2.35. The van der Waals surface area contributed by atoms with Gasteiger partial charge in [0.1, 0.15) is 5.82 Å². The summed E-state index contributed by atoms with van der Waals surface area (Å²) in [6.45, 7) is 0.762. The minimum absolute atomic E-state index is 0.111. The zero-order valence-electron chi connectivity index (χ0n) is 12.6. The highest BCUT2D eigenvalue weighted by atomic mass is 19.2. The molecular weight excluding hydrogens is 317 g/mol. The molecule has 0 bridgehead atoms. The summed E-state index contributed by atoms with van der Waals surface area (Å²) in [4.78, 5) is 17.3. The number of nitrogens with one attached hydrogen (secondary N) is 1. The van der Waals surface area contributed by atoms with Crippen molar-refractivity contribution < 1.29 is 18.0 Å². The molecule has 2 heterocycles. The number of H-pyrrole nitrogens is 1. The zero-order chi connectivity index (χ0) is 16.8. The predicted octanol–water partition coefficient (Wildman–Crippen LogP) is 3.78. The Morgan fingerprint density at radius 3 is 2.67 bits per heavy atom. The van der Waals surface area contributed by atoms with Crippen LogP contribution >= 0.6 is 0 Å². The molecule has 0 spiro atoms. The first-order chi connectivity index (χ1) is 11.5. The lowest BCUT2D eigenvalue weighted by Gasteiger charge is -2.27. The molecule has 0 radical (unpaired) electrons. The molecule has 0 atom stereocenters. The molecule has 1 aliphatic heterocycles. The maximum absolute atomic E-state index is 13.4. The predicted molar refractivity (Wildman–Crippen MR) is 83.1 cm³/mol. The number of carbonyl (C=O) groups excluding carboxylic acids is 1. The second kappa shape index (κ2) is 5.40. The van der Waals surface area contributed by atoms with Crippen molar-refractivity contribution in [1.29, 1.82) is 0 Å². The third-order valence-electron chi connectivity index (χ3n) is 4.39. The molecule has 24 heavy (non-hydrogen) atoms. The standard InChI is InChI=1S/C18H13F3N2O/c19-11-2-4-16-13(8-11)12-5-6-23(9-17(12)22-16)18(24)10-1-3-14(20)15(21)7-10/h1-4,7-8,22H,5-6,9H2. The van der Waals surface area contributed by atoms with Gasteiger partial charge in [0.15, 0.2) is 11.6 Å². The van der Waals surface area contributed by atoms with Gasteiger partial charge in [-0.3, -0.25) is 4.79 Å². The molecule has 0 unspecified atom stereocenters. The van der Waals surface area contributed by atoms with E-state index in [9.17, 15) is 18.0 Å². The Morgan fingerprint density at radius 2 is 1.88 bits per heavy atom. The second-order valence-corrected chi connectivity index (χ2v) is 5.88. The fraction of sp³-hybridized carbons (Fsp3) is 0.167. The van der Waals surface area contributed by atoms with Crippen molar-refractivity contribution in [3.63, 3.8) is 0 Å². The summed E-state index contributed by atoms with van der Waals surface area (Å²) >= 11 is 0. The van der Waals surface area contributed by atoms with Gasteiger partial charge in [0.2, 0.25) is 0 Å². The van der Waals surface area contributed by atoms with Crippen LogP contribution in [0.4, 0.5) is 13.2 Å². The molecule has 1 N–H and O–H groups in total. The second-order valence-electron chi connectivity index (χ2n) is 5.88. The van der Waals surface area contributed by atoms with Gasteiger partial charge < -0.3 is 9.88 Å². The number of nitrogens with zero attached hydrogens (tertiary/aromatic N) is 1. The first-order valence-corrected chi connectivity index (χ1v) is 7.56. The quantitative estimate of drug-likeness (QED) is 0.724. The zero-order valence-corrected chi connectivity index (χ0v) is 12.6. The number of hydrogen-bond donors (Lipinski definition) is 1. The SMILES string of the molecule is O=C(c1ccc(F)c(F)c1)N1CCc2c([nH]c3ccc(F)cc23)C1. The Bertz CT molecular complexity index is 964. The van der Waals surface area contributed by atoms with Gasteiger partial charge in [-0.25, -0.2) is 13.2 Å². The molecule has 0 fully saturated rings. The van der Waals surface area contributed by atoms with Crippen LogP contribution in [0.1, 0.15) is 21.6 Å². The Hall–Kier alpha value is -2.76. The Balaban J connectivity index is 1.65. The first kappa shape index (κ1) is 14.8. The summed E-state index contributed by atoms with van der Waals surface area (Å²) in [7, 11) is 0. The summed E-state index contributed by atoms with van der Waals surface area (Å²) < 4.78 is 39.8. The van der Waals surface area contributed by atoms with E-state index < -0.39 is 11.6 Å². The molecule has 1 aromatic heterocycles. The molecule has 0 aliphatic carbocycles. The van der Waals surface area contributed by atoms with E-state index in [0.717, 1.165) is 34.3 Å². The third-order valence-corrected chi connectivity index (χ3v) is 4.39. The Labute approximate surface area is 135 Å². The number of hydrogen-bond acceptors (Lipinski definition) is 1. The van der Waals surface area contributed by atoms with Gasteiger partial charge in [-0.15, -0.1) is 0 Å². The molecule has 1 aliphatic rings. The molecule has 122 valence electrons. The summed E-state index contributed by atoms with van der Waals surface area (Å²) in [6, 6.07) is 7.67. The molecule has 3 nitrogen and oxygen atoms in total. The van der Waals surface area contributed by atoms with Crippen LogP contribution in [0.5, 0.6) is 0 Å². The highest BCUT2D eigenvalue weighted by Crippen LogP contribution is 2.28. The number of carbonyl (C=O) groups is 1. The van der Waals surface area contributed by atoms with Gasteiger partial charge in [0, 0.05) is 28.7 Å². The lowest BCUT2D eigenvalue weighted by atomic mass is 10.0. The van der Waals surface area contributed by atoms with E-state index in [4.69, 9.17) is 0 Å². The smallest absolute Gasteiger partial charge is 0.254 e. The van der Waals surface area contributed by atoms with Crippen molar-refractivity contribution in [3.05, 3.63) is 70.7 Å². The number of rotatable bonds is 1. The van der Waals surface area contributed by atoms with Gasteiger partial charge in [-0.1, -0.05) is 0 Å². The van der Waals surface area contributed by atoms with Crippen LogP contribution < -0.4 is 0 Å². The van der Waals surface area contributed by atoms with Crippen LogP contribution in [0.3, 0.4) is 0 Å². The van der Waals surface area contributed by atoms with E-state index in [1.807, 2.05) is 0 Å². The topological polar surface area (TPSA) is 36.1 Å². The van der Waals surface area contributed by atoms with Gasteiger partial charge in [0.25, 0.3) is 5.91 Å². The minimum atomic E-state index is -1.04. The Kier molecular flexibility index (Phi) is 3.33. The fourth-order valence-corrected chi connectivity index (χ4v) is 3.20. The van der Waals surface area contributed by atoms with Crippen molar-refractivity contribution in [3.8, 4) is 0 Å². The number of amides is 1. The van der Waals surface area contributed by atoms with Gasteiger partial charge in [0.05, 0.1) is 6.54 Å². The number of aromatic nitrogens is 1. The summed E-state index contributed by atoms with van der Waals surface area (Å²) in [5, 5.41) is 0.824. The van der Waals surface area contributed by atoms with Crippen LogP contribution in [-0.2, 0) is 13.0 Å². The van der Waals surface area contributed by atoms with E-state index in [-0.39, 0.29) is 17.3 Å². The Morgan fingerprint density at radius 1 is 1.04 bits per heavy atom. The molecule has 4 rings (SSSR count). The van der Waals surface area contributed by atoms with Crippen molar-refractivity contribution in [2.45, 2.75) is 13.0 Å². The van der Waals surface area contributed by atoms with Crippen molar-refractivity contribution in [2.24, 2.45) is 0 Å². The van der Waals surface area contributed by atoms with E-state index in [2.05, 4.69) is 4.98 Å². The normalized spacial score (nSPS) is 14.0. The molecule has 0 saturated heterocycles. The summed E-state index contributed by atoms with van der Waals surface area (Å²) in [5.74, 6) is -2.68.